The highest BCUT2D eigenvalue weighted by Gasteiger charge is 2.28. The Morgan fingerprint density at radius 1 is 1.07 bits per heavy atom. The van der Waals surface area contributed by atoms with Gasteiger partial charge < -0.3 is 15.0 Å². The summed E-state index contributed by atoms with van der Waals surface area (Å²) in [6.45, 7) is 0.748. The van der Waals surface area contributed by atoms with Crippen molar-refractivity contribution in [3.63, 3.8) is 0 Å². The van der Waals surface area contributed by atoms with E-state index in [-0.39, 0.29) is 17.6 Å². The van der Waals surface area contributed by atoms with Crippen LogP contribution in [0.2, 0.25) is 5.02 Å². The highest BCUT2D eigenvalue weighted by molar-refractivity contribution is 6.32. The van der Waals surface area contributed by atoms with Gasteiger partial charge in [-0.1, -0.05) is 54.1 Å². The van der Waals surface area contributed by atoms with Crippen molar-refractivity contribution in [2.45, 2.75) is 18.9 Å². The summed E-state index contributed by atoms with van der Waals surface area (Å²) in [6, 6.07) is 21.5. The molecule has 0 bridgehead atoms. The molecule has 3 aromatic carbocycles. The molecule has 0 saturated carbocycles. The van der Waals surface area contributed by atoms with E-state index in [4.69, 9.17) is 11.6 Å². The summed E-state index contributed by atoms with van der Waals surface area (Å²) < 4.78 is 2.23. The van der Waals surface area contributed by atoms with Crippen LogP contribution in [-0.4, -0.2) is 15.6 Å². The molecule has 0 unspecified atom stereocenters. The zero-order valence-corrected chi connectivity index (χ0v) is 16.4. The quantitative estimate of drug-likeness (QED) is 0.474. The van der Waals surface area contributed by atoms with Crippen molar-refractivity contribution >= 4 is 34.1 Å². The molecule has 1 amide bonds. The molecule has 0 spiro atoms. The molecule has 4 nitrogen and oxygen atoms in total. The molecule has 2 heterocycles. The van der Waals surface area contributed by atoms with E-state index in [0.717, 1.165) is 34.3 Å². The zero-order chi connectivity index (χ0) is 20.0. The molecule has 4 aromatic rings. The van der Waals surface area contributed by atoms with Crippen LogP contribution < -0.4 is 5.32 Å². The second kappa shape index (κ2) is 6.98. The lowest BCUT2D eigenvalue weighted by atomic mass is 9.88. The van der Waals surface area contributed by atoms with Crippen molar-refractivity contribution in [3.8, 4) is 5.75 Å². The number of nitrogens with zero attached hydrogens (tertiary/aromatic N) is 1. The van der Waals surface area contributed by atoms with Crippen molar-refractivity contribution in [2.24, 2.45) is 0 Å². The summed E-state index contributed by atoms with van der Waals surface area (Å²) in [7, 11) is 0. The first-order chi connectivity index (χ1) is 14.1. The number of rotatable bonds is 3. The maximum absolute atomic E-state index is 12.6. The van der Waals surface area contributed by atoms with E-state index in [1.54, 1.807) is 12.1 Å². The van der Waals surface area contributed by atoms with E-state index in [1.807, 2.05) is 36.4 Å². The highest BCUT2D eigenvalue weighted by Crippen LogP contribution is 2.42. The summed E-state index contributed by atoms with van der Waals surface area (Å²) in [5, 5.41) is 14.2. The molecular weight excluding hydrogens is 384 g/mol. The number of nitrogens with one attached hydrogen (secondary N) is 1. The molecular formula is C24H19ClN2O2. The summed E-state index contributed by atoms with van der Waals surface area (Å²) in [4.78, 5) is 12.6. The standard InChI is InChI=1S/C24H19ClN2O2/c25-19-11-16(9-10-22(19)28)17-12-23(29)26-20-7-4-8-21-24(20)18(17)14-27(21)13-15-5-2-1-3-6-15/h1-11,14,17,28H,12-13H2,(H,26,29)/t17-/m1/s1. The van der Waals surface area contributed by atoms with Crippen LogP contribution in [0.4, 0.5) is 5.69 Å². The number of phenolic OH excluding ortho intramolecular Hbond substituents is 1. The Labute approximate surface area is 173 Å². The third-order valence-corrected chi connectivity index (χ3v) is 5.85. The van der Waals surface area contributed by atoms with Gasteiger partial charge >= 0.3 is 0 Å². The number of aromatic nitrogens is 1. The lowest BCUT2D eigenvalue weighted by Crippen LogP contribution is -2.14. The lowest BCUT2D eigenvalue weighted by Gasteiger charge is -2.15. The zero-order valence-electron chi connectivity index (χ0n) is 15.6. The number of halogens is 1. The largest absolute Gasteiger partial charge is 0.506 e. The van der Waals surface area contributed by atoms with Crippen LogP contribution in [0.3, 0.4) is 0 Å². The van der Waals surface area contributed by atoms with Gasteiger partial charge in [-0.15, -0.1) is 0 Å². The second-order valence-corrected chi connectivity index (χ2v) is 7.82. The number of carbonyl (C=O) groups excluding carboxylic acids is 1. The van der Waals surface area contributed by atoms with Crippen LogP contribution in [0.15, 0.2) is 72.9 Å². The van der Waals surface area contributed by atoms with Crippen LogP contribution in [-0.2, 0) is 11.3 Å². The molecule has 5 heteroatoms. The van der Waals surface area contributed by atoms with Crippen LogP contribution in [0.5, 0.6) is 5.75 Å². The molecule has 0 saturated heterocycles. The third kappa shape index (κ3) is 3.15. The van der Waals surface area contributed by atoms with Crippen molar-refractivity contribution in [1.82, 2.24) is 4.57 Å². The molecule has 5 rings (SSSR count). The summed E-state index contributed by atoms with van der Waals surface area (Å²) >= 11 is 6.17. The molecule has 0 radical (unpaired) electrons. The topological polar surface area (TPSA) is 54.3 Å². The third-order valence-electron chi connectivity index (χ3n) is 5.54. The smallest absolute Gasteiger partial charge is 0.225 e. The Balaban J connectivity index is 1.70. The van der Waals surface area contributed by atoms with Gasteiger partial charge in [-0.25, -0.2) is 0 Å². The van der Waals surface area contributed by atoms with Gasteiger partial charge in [0.1, 0.15) is 5.75 Å². The van der Waals surface area contributed by atoms with Gasteiger partial charge in [0.2, 0.25) is 5.91 Å². The summed E-state index contributed by atoms with van der Waals surface area (Å²) in [5.74, 6) is -0.130. The molecule has 2 N–H and O–H groups in total. The van der Waals surface area contributed by atoms with E-state index >= 15 is 0 Å². The van der Waals surface area contributed by atoms with Crippen LogP contribution in [0, 0.1) is 0 Å². The minimum absolute atomic E-state index is 0.0301. The fraction of sp³-hybridized carbons (Fsp3) is 0.125. The molecule has 1 atom stereocenters. The Morgan fingerprint density at radius 3 is 2.69 bits per heavy atom. The Kier molecular flexibility index (Phi) is 4.29. The monoisotopic (exact) mass is 402 g/mol. The predicted molar refractivity (Wildman–Crippen MR) is 116 cm³/mol. The van der Waals surface area contributed by atoms with E-state index in [0.29, 0.717) is 11.4 Å². The van der Waals surface area contributed by atoms with E-state index < -0.39 is 0 Å². The second-order valence-electron chi connectivity index (χ2n) is 7.41. The van der Waals surface area contributed by atoms with Crippen LogP contribution in [0.25, 0.3) is 10.9 Å². The molecule has 1 aliphatic heterocycles. The number of amides is 1. The number of aromatic hydroxyl groups is 1. The fourth-order valence-electron chi connectivity index (χ4n) is 4.20. The molecule has 0 fully saturated rings. The summed E-state index contributed by atoms with van der Waals surface area (Å²) in [6.07, 6.45) is 2.47. The van der Waals surface area contributed by atoms with Crippen LogP contribution in [0.1, 0.15) is 29.0 Å². The predicted octanol–water partition coefficient (Wildman–Crippen LogP) is 5.52. The van der Waals surface area contributed by atoms with Gasteiger partial charge in [0, 0.05) is 30.5 Å². The van der Waals surface area contributed by atoms with Gasteiger partial charge in [0.25, 0.3) is 0 Å². The fourth-order valence-corrected chi connectivity index (χ4v) is 4.39. The average Bonchev–Trinajstić information content (AvgIpc) is 3.01. The molecule has 144 valence electrons. The minimum Gasteiger partial charge on any atom is -0.506 e. The first kappa shape index (κ1) is 17.8. The lowest BCUT2D eigenvalue weighted by molar-refractivity contribution is -0.116. The normalized spacial score (nSPS) is 15.9. The number of carbonyl (C=O) groups is 1. The van der Waals surface area contributed by atoms with Crippen molar-refractivity contribution < 1.29 is 9.90 Å². The first-order valence-electron chi connectivity index (χ1n) is 9.54. The minimum atomic E-state index is -0.142. The Bertz CT molecular complexity index is 1230. The highest BCUT2D eigenvalue weighted by atomic mass is 35.5. The van der Waals surface area contributed by atoms with Crippen LogP contribution >= 0.6 is 11.6 Å². The van der Waals surface area contributed by atoms with Crippen molar-refractivity contribution in [3.05, 3.63) is 94.6 Å². The van der Waals surface area contributed by atoms with Gasteiger partial charge in [0.05, 0.1) is 16.2 Å². The van der Waals surface area contributed by atoms with Gasteiger partial charge in [-0.2, -0.15) is 0 Å². The average molecular weight is 403 g/mol. The Hall–Kier alpha value is -3.24. The number of hydrogen-bond acceptors (Lipinski definition) is 2. The number of phenols is 1. The number of benzene rings is 3. The van der Waals surface area contributed by atoms with Gasteiger partial charge in [0.15, 0.2) is 0 Å². The maximum Gasteiger partial charge on any atom is 0.225 e. The summed E-state index contributed by atoms with van der Waals surface area (Å²) in [5.41, 5.74) is 5.14. The SMILES string of the molecule is O=C1C[C@H](c2ccc(O)c(Cl)c2)c2cn(Cc3ccccc3)c3cccc(c23)N1. The van der Waals surface area contributed by atoms with Gasteiger partial charge in [-0.05, 0) is 41.0 Å². The van der Waals surface area contributed by atoms with E-state index in [9.17, 15) is 9.90 Å². The van der Waals surface area contributed by atoms with E-state index in [1.165, 1.54) is 5.56 Å². The number of hydrogen-bond donors (Lipinski definition) is 2. The van der Waals surface area contributed by atoms with Crippen molar-refractivity contribution in [2.75, 3.05) is 5.32 Å². The maximum atomic E-state index is 12.6. The molecule has 29 heavy (non-hydrogen) atoms. The van der Waals surface area contributed by atoms with E-state index in [2.05, 4.69) is 34.3 Å². The van der Waals surface area contributed by atoms with Gasteiger partial charge in [-0.3, -0.25) is 4.79 Å². The Morgan fingerprint density at radius 2 is 1.90 bits per heavy atom. The molecule has 0 aliphatic carbocycles. The molecule has 1 aromatic heterocycles. The van der Waals surface area contributed by atoms with Crippen molar-refractivity contribution in [1.29, 1.82) is 0 Å². The first-order valence-corrected chi connectivity index (χ1v) is 9.92. The molecule has 1 aliphatic rings. The number of anilines is 1.